The summed E-state index contributed by atoms with van der Waals surface area (Å²) in [7, 11) is 0. The second-order valence-electron chi connectivity index (χ2n) is 8.18. The van der Waals surface area contributed by atoms with E-state index in [1.54, 1.807) is 0 Å². The summed E-state index contributed by atoms with van der Waals surface area (Å²) in [6.07, 6.45) is 9.14. The van der Waals surface area contributed by atoms with Gasteiger partial charge in [-0.15, -0.1) is 13.2 Å². The summed E-state index contributed by atoms with van der Waals surface area (Å²) in [6, 6.07) is 8.08. The largest absolute Gasteiger partial charge is 0.365 e. The van der Waals surface area contributed by atoms with Crippen molar-refractivity contribution < 1.29 is 4.79 Å². The zero-order chi connectivity index (χ0) is 19.4. The van der Waals surface area contributed by atoms with Gasteiger partial charge in [0.25, 0.3) is 0 Å². The van der Waals surface area contributed by atoms with Gasteiger partial charge in [-0.2, -0.15) is 0 Å². The van der Waals surface area contributed by atoms with Gasteiger partial charge in [-0.1, -0.05) is 39.8 Å². The number of ketones is 1. The van der Waals surface area contributed by atoms with Crippen LogP contribution in [0, 0.1) is 10.8 Å². The van der Waals surface area contributed by atoms with Gasteiger partial charge in [0.2, 0.25) is 0 Å². The summed E-state index contributed by atoms with van der Waals surface area (Å²) in [6.45, 7) is 16.1. The Balaban J connectivity index is 2.41. The molecule has 0 aliphatic rings. The van der Waals surface area contributed by atoms with E-state index in [2.05, 4.69) is 63.0 Å². The Morgan fingerprint density at radius 1 is 0.923 bits per heavy atom. The van der Waals surface area contributed by atoms with Crippen LogP contribution in [0.25, 0.3) is 0 Å². The number of rotatable bonds is 10. The van der Waals surface area contributed by atoms with E-state index in [1.165, 1.54) is 0 Å². The average Bonchev–Trinajstić information content (AvgIpc) is 3.29. The second-order valence-corrected chi connectivity index (χ2v) is 8.18. The zero-order valence-electron chi connectivity index (χ0n) is 16.5. The minimum atomic E-state index is -0.533. The Hall–Kier alpha value is -2.29. The van der Waals surface area contributed by atoms with E-state index < -0.39 is 10.8 Å². The quantitative estimate of drug-likeness (QED) is 0.507. The van der Waals surface area contributed by atoms with Crippen molar-refractivity contribution in [3.8, 4) is 0 Å². The Kier molecular flexibility index (Phi) is 6.12. The van der Waals surface area contributed by atoms with Crippen LogP contribution in [0.3, 0.4) is 0 Å². The molecule has 0 aromatic carbocycles. The second kappa shape index (κ2) is 7.94. The summed E-state index contributed by atoms with van der Waals surface area (Å²) < 4.78 is 0. The van der Waals surface area contributed by atoms with Crippen molar-refractivity contribution in [1.29, 1.82) is 0 Å². The molecule has 140 valence electrons. The SMILES string of the molecule is C=CCC(c1ccc[nH]1)C(C)(C)C(=O)C(C)(C)C(CC=C)c1ccc[nH]1. The first-order valence-electron chi connectivity index (χ1n) is 9.30. The van der Waals surface area contributed by atoms with Crippen molar-refractivity contribution in [2.75, 3.05) is 0 Å². The van der Waals surface area contributed by atoms with Gasteiger partial charge in [0.05, 0.1) is 0 Å². The summed E-state index contributed by atoms with van der Waals surface area (Å²) in [5.41, 5.74) is 1.10. The molecule has 0 aliphatic carbocycles. The Morgan fingerprint density at radius 3 is 1.58 bits per heavy atom. The first-order valence-corrected chi connectivity index (χ1v) is 9.30. The van der Waals surface area contributed by atoms with E-state index in [1.807, 2.05) is 36.7 Å². The molecule has 0 bridgehead atoms. The van der Waals surface area contributed by atoms with E-state index >= 15 is 0 Å². The van der Waals surface area contributed by atoms with Gasteiger partial charge in [-0.3, -0.25) is 4.79 Å². The van der Waals surface area contributed by atoms with Gasteiger partial charge >= 0.3 is 0 Å². The van der Waals surface area contributed by atoms with Crippen molar-refractivity contribution >= 4 is 5.78 Å². The summed E-state index contributed by atoms with van der Waals surface area (Å²) in [5.74, 6) is 0.387. The number of Topliss-reactive ketones (excluding diaryl/α,β-unsaturated/α-hetero) is 1. The molecule has 2 aromatic rings. The van der Waals surface area contributed by atoms with Crippen LogP contribution in [0.2, 0.25) is 0 Å². The fourth-order valence-corrected chi connectivity index (χ4v) is 4.22. The van der Waals surface area contributed by atoms with Gasteiger partial charge < -0.3 is 9.97 Å². The van der Waals surface area contributed by atoms with Gasteiger partial charge in [-0.05, 0) is 37.1 Å². The van der Waals surface area contributed by atoms with Crippen LogP contribution in [-0.4, -0.2) is 15.8 Å². The number of carbonyl (C=O) groups excluding carboxylic acids is 1. The van der Waals surface area contributed by atoms with Gasteiger partial charge in [0.1, 0.15) is 5.78 Å². The van der Waals surface area contributed by atoms with Crippen LogP contribution < -0.4 is 0 Å². The van der Waals surface area contributed by atoms with E-state index in [9.17, 15) is 4.79 Å². The Bertz CT molecular complexity index is 658. The molecule has 2 atom stereocenters. The molecule has 2 rings (SSSR count). The predicted octanol–water partition coefficient (Wildman–Crippen LogP) is 5.98. The fourth-order valence-electron chi connectivity index (χ4n) is 4.22. The lowest BCUT2D eigenvalue weighted by Gasteiger charge is -2.42. The number of carbonyl (C=O) groups is 1. The standard InChI is InChI=1S/C23H32N2O/c1-7-11-17(19-13-9-15-24-19)22(3,4)21(26)23(5,6)18(12-8-2)20-14-10-16-25-20/h7-10,13-18,24-25H,1-2,11-12H2,3-6H3. The molecule has 2 aromatic heterocycles. The van der Waals surface area contributed by atoms with Crippen molar-refractivity contribution in [1.82, 2.24) is 9.97 Å². The van der Waals surface area contributed by atoms with Crippen LogP contribution in [0.4, 0.5) is 0 Å². The number of nitrogens with one attached hydrogen (secondary N) is 2. The molecule has 0 spiro atoms. The third-order valence-electron chi connectivity index (χ3n) is 5.71. The smallest absolute Gasteiger partial charge is 0.145 e. The lowest BCUT2D eigenvalue weighted by atomic mass is 9.60. The summed E-state index contributed by atoms with van der Waals surface area (Å²) >= 11 is 0. The molecule has 2 unspecified atom stereocenters. The lowest BCUT2D eigenvalue weighted by molar-refractivity contribution is -0.138. The lowest BCUT2D eigenvalue weighted by Crippen LogP contribution is -2.44. The molecule has 0 aliphatic heterocycles. The third kappa shape index (κ3) is 3.77. The third-order valence-corrected chi connectivity index (χ3v) is 5.71. The minimum Gasteiger partial charge on any atom is -0.365 e. The average molecular weight is 353 g/mol. The fraction of sp³-hybridized carbons (Fsp3) is 0.435. The number of H-pyrrole nitrogens is 2. The molecule has 0 fully saturated rings. The summed E-state index contributed by atoms with van der Waals surface area (Å²) in [4.78, 5) is 20.4. The van der Waals surface area contributed by atoms with E-state index in [4.69, 9.17) is 0 Å². The highest BCUT2D eigenvalue weighted by Crippen LogP contribution is 2.48. The first-order chi connectivity index (χ1) is 12.3. The molecule has 26 heavy (non-hydrogen) atoms. The molecule has 2 heterocycles. The highest BCUT2D eigenvalue weighted by Gasteiger charge is 2.48. The highest BCUT2D eigenvalue weighted by atomic mass is 16.1. The molecule has 0 saturated carbocycles. The molecule has 2 N–H and O–H groups in total. The van der Waals surface area contributed by atoms with E-state index in [-0.39, 0.29) is 17.6 Å². The number of allylic oxidation sites excluding steroid dienone is 2. The minimum absolute atomic E-state index is 0.0646. The molecule has 0 saturated heterocycles. The number of aromatic amines is 2. The Labute approximate surface area is 157 Å². The normalized spacial score (nSPS) is 14.6. The maximum absolute atomic E-state index is 13.8. The van der Waals surface area contributed by atoms with Crippen molar-refractivity contribution in [2.45, 2.75) is 52.4 Å². The van der Waals surface area contributed by atoms with Gasteiger partial charge in [0, 0.05) is 46.4 Å². The first kappa shape index (κ1) is 20.0. The van der Waals surface area contributed by atoms with Crippen LogP contribution >= 0.6 is 0 Å². The van der Waals surface area contributed by atoms with Crippen molar-refractivity contribution in [3.05, 3.63) is 73.4 Å². The van der Waals surface area contributed by atoms with Crippen LogP contribution in [0.5, 0.6) is 0 Å². The monoisotopic (exact) mass is 352 g/mol. The molecular formula is C23H32N2O. The van der Waals surface area contributed by atoms with Crippen molar-refractivity contribution in [3.63, 3.8) is 0 Å². The molecule has 0 radical (unpaired) electrons. The predicted molar refractivity (Wildman–Crippen MR) is 109 cm³/mol. The maximum Gasteiger partial charge on any atom is 0.145 e. The highest BCUT2D eigenvalue weighted by molar-refractivity contribution is 5.91. The van der Waals surface area contributed by atoms with Gasteiger partial charge in [0.15, 0.2) is 0 Å². The van der Waals surface area contributed by atoms with Crippen LogP contribution in [-0.2, 0) is 4.79 Å². The summed E-state index contributed by atoms with van der Waals surface area (Å²) in [5, 5.41) is 0. The number of hydrogen-bond acceptors (Lipinski definition) is 1. The Morgan fingerprint density at radius 2 is 1.31 bits per heavy atom. The zero-order valence-corrected chi connectivity index (χ0v) is 16.5. The van der Waals surface area contributed by atoms with Crippen LogP contribution in [0.15, 0.2) is 62.0 Å². The number of aromatic nitrogens is 2. The number of hydrogen-bond donors (Lipinski definition) is 2. The molecule has 3 nitrogen and oxygen atoms in total. The van der Waals surface area contributed by atoms with Crippen molar-refractivity contribution in [2.24, 2.45) is 10.8 Å². The van der Waals surface area contributed by atoms with E-state index in [0.717, 1.165) is 24.2 Å². The maximum atomic E-state index is 13.8. The molecular weight excluding hydrogens is 320 g/mol. The van der Waals surface area contributed by atoms with Gasteiger partial charge in [-0.25, -0.2) is 0 Å². The molecule has 3 heteroatoms. The van der Waals surface area contributed by atoms with Crippen LogP contribution in [0.1, 0.15) is 63.8 Å². The van der Waals surface area contributed by atoms with E-state index in [0.29, 0.717) is 0 Å². The molecule has 0 amide bonds. The topological polar surface area (TPSA) is 48.6 Å².